The number of rotatable bonds is 9. The SMILES string of the molecule is CCc1nncn1CCNC(=NC)NCCCN1CCN(c2ccccc2F)CC1.I. The molecule has 0 spiro atoms. The number of hydrogen-bond acceptors (Lipinski definition) is 5. The molecule has 0 saturated carbocycles. The van der Waals surface area contributed by atoms with Crippen LogP contribution in [0.1, 0.15) is 19.2 Å². The highest BCUT2D eigenvalue weighted by Crippen LogP contribution is 2.20. The summed E-state index contributed by atoms with van der Waals surface area (Å²) in [6, 6.07) is 7.03. The monoisotopic (exact) mass is 544 g/mol. The van der Waals surface area contributed by atoms with Gasteiger partial charge in [0.05, 0.1) is 5.69 Å². The van der Waals surface area contributed by atoms with Gasteiger partial charge in [0, 0.05) is 59.3 Å². The number of benzene rings is 1. The van der Waals surface area contributed by atoms with Crippen molar-refractivity contribution in [2.75, 3.05) is 57.8 Å². The first-order valence-electron chi connectivity index (χ1n) is 10.7. The summed E-state index contributed by atoms with van der Waals surface area (Å²) in [5.41, 5.74) is 0.714. The van der Waals surface area contributed by atoms with Gasteiger partial charge >= 0.3 is 0 Å². The van der Waals surface area contributed by atoms with Gasteiger partial charge in [0.15, 0.2) is 5.96 Å². The minimum atomic E-state index is -0.135. The second-order valence-corrected chi connectivity index (χ2v) is 7.35. The van der Waals surface area contributed by atoms with Crippen molar-refractivity contribution in [3.05, 3.63) is 42.2 Å². The molecule has 1 saturated heterocycles. The van der Waals surface area contributed by atoms with E-state index in [0.29, 0.717) is 5.69 Å². The quantitative estimate of drug-likeness (QED) is 0.218. The fourth-order valence-electron chi connectivity index (χ4n) is 3.68. The van der Waals surface area contributed by atoms with Crippen molar-refractivity contribution < 1.29 is 4.39 Å². The van der Waals surface area contributed by atoms with Gasteiger partial charge in [-0.15, -0.1) is 34.2 Å². The summed E-state index contributed by atoms with van der Waals surface area (Å²) >= 11 is 0. The van der Waals surface area contributed by atoms with Crippen molar-refractivity contribution in [1.29, 1.82) is 0 Å². The Morgan fingerprint density at radius 3 is 2.55 bits per heavy atom. The molecule has 1 aliphatic heterocycles. The molecular formula is C21H34FIN8. The van der Waals surface area contributed by atoms with Crippen molar-refractivity contribution in [2.24, 2.45) is 4.99 Å². The van der Waals surface area contributed by atoms with Crippen molar-refractivity contribution in [2.45, 2.75) is 26.3 Å². The van der Waals surface area contributed by atoms with Gasteiger partial charge in [0.25, 0.3) is 0 Å². The molecule has 0 aliphatic carbocycles. The number of aliphatic imine (C=N–C) groups is 1. The number of nitrogens with zero attached hydrogens (tertiary/aromatic N) is 6. The van der Waals surface area contributed by atoms with Crippen molar-refractivity contribution in [3.63, 3.8) is 0 Å². The number of piperazine rings is 1. The molecule has 0 unspecified atom stereocenters. The number of para-hydroxylation sites is 1. The van der Waals surface area contributed by atoms with E-state index in [1.54, 1.807) is 19.4 Å². The predicted octanol–water partition coefficient (Wildman–Crippen LogP) is 1.97. The largest absolute Gasteiger partial charge is 0.367 e. The van der Waals surface area contributed by atoms with Crippen LogP contribution in [0.3, 0.4) is 0 Å². The lowest BCUT2D eigenvalue weighted by atomic mass is 10.2. The molecule has 0 atom stereocenters. The van der Waals surface area contributed by atoms with Crippen LogP contribution in [0.25, 0.3) is 0 Å². The molecule has 1 aromatic heterocycles. The van der Waals surface area contributed by atoms with Crippen molar-refractivity contribution in [1.82, 2.24) is 30.3 Å². The first kappa shape index (κ1) is 25.3. The Morgan fingerprint density at radius 1 is 1.10 bits per heavy atom. The molecule has 172 valence electrons. The van der Waals surface area contributed by atoms with E-state index in [4.69, 9.17) is 0 Å². The average molecular weight is 544 g/mol. The topological polar surface area (TPSA) is 73.6 Å². The van der Waals surface area contributed by atoms with Gasteiger partial charge in [-0.05, 0) is 25.1 Å². The number of halogens is 2. The molecule has 31 heavy (non-hydrogen) atoms. The summed E-state index contributed by atoms with van der Waals surface area (Å²) in [4.78, 5) is 8.86. The highest BCUT2D eigenvalue weighted by molar-refractivity contribution is 14.0. The van der Waals surface area contributed by atoms with E-state index < -0.39 is 0 Å². The molecular weight excluding hydrogens is 510 g/mol. The first-order valence-corrected chi connectivity index (χ1v) is 10.7. The molecule has 2 N–H and O–H groups in total. The van der Waals surface area contributed by atoms with Crippen LogP contribution < -0.4 is 15.5 Å². The number of anilines is 1. The number of guanidine groups is 1. The highest BCUT2D eigenvalue weighted by Gasteiger charge is 2.18. The van der Waals surface area contributed by atoms with Gasteiger partial charge in [-0.1, -0.05) is 19.1 Å². The van der Waals surface area contributed by atoms with Gasteiger partial charge in [-0.3, -0.25) is 9.89 Å². The summed E-state index contributed by atoms with van der Waals surface area (Å²) in [6.45, 7) is 9.18. The minimum Gasteiger partial charge on any atom is -0.367 e. The molecule has 3 rings (SSSR count). The zero-order chi connectivity index (χ0) is 21.2. The van der Waals surface area contributed by atoms with E-state index >= 15 is 0 Å². The van der Waals surface area contributed by atoms with E-state index in [2.05, 4.69) is 47.1 Å². The summed E-state index contributed by atoms with van der Waals surface area (Å²) in [5.74, 6) is 1.67. The number of aryl methyl sites for hydroxylation is 1. The molecule has 0 amide bonds. The minimum absolute atomic E-state index is 0. The summed E-state index contributed by atoms with van der Waals surface area (Å²) in [7, 11) is 1.79. The molecule has 2 aromatic rings. The zero-order valence-electron chi connectivity index (χ0n) is 18.4. The Morgan fingerprint density at radius 2 is 1.84 bits per heavy atom. The standard InChI is InChI=1S/C21H33FN8.HI/c1-3-20-27-26-17-30(20)12-10-25-21(23-2)24-9-6-11-28-13-15-29(16-14-28)19-8-5-4-7-18(19)22;/h4-5,7-8,17H,3,6,9-16H2,1-2H3,(H2,23,24,25);1H. The van der Waals surface area contributed by atoms with Crippen LogP contribution in [-0.2, 0) is 13.0 Å². The predicted molar refractivity (Wildman–Crippen MR) is 134 cm³/mol. The molecule has 1 aliphatic rings. The van der Waals surface area contributed by atoms with Crippen molar-refractivity contribution in [3.8, 4) is 0 Å². The lowest BCUT2D eigenvalue weighted by Crippen LogP contribution is -2.47. The molecule has 1 aromatic carbocycles. The second kappa shape index (κ2) is 13.5. The number of hydrogen-bond donors (Lipinski definition) is 2. The third-order valence-electron chi connectivity index (χ3n) is 5.39. The maximum absolute atomic E-state index is 13.9. The van der Waals surface area contributed by atoms with E-state index in [-0.39, 0.29) is 29.8 Å². The van der Waals surface area contributed by atoms with Crippen LogP contribution in [-0.4, -0.2) is 78.5 Å². The molecule has 8 nitrogen and oxygen atoms in total. The van der Waals surface area contributed by atoms with Crippen LogP contribution in [0.5, 0.6) is 0 Å². The third kappa shape index (κ3) is 7.60. The first-order chi connectivity index (χ1) is 14.7. The molecule has 0 radical (unpaired) electrons. The van der Waals surface area contributed by atoms with E-state index in [1.165, 1.54) is 6.07 Å². The number of nitrogens with one attached hydrogen (secondary N) is 2. The van der Waals surface area contributed by atoms with Crippen LogP contribution in [0.2, 0.25) is 0 Å². The van der Waals surface area contributed by atoms with Gasteiger partial charge < -0.3 is 20.1 Å². The Labute approximate surface area is 201 Å². The molecule has 10 heteroatoms. The maximum atomic E-state index is 13.9. The Hall–Kier alpha value is -1.95. The third-order valence-corrected chi connectivity index (χ3v) is 5.39. The van der Waals surface area contributed by atoms with E-state index in [9.17, 15) is 4.39 Å². The Bertz CT molecular complexity index is 804. The summed E-state index contributed by atoms with van der Waals surface area (Å²) in [5, 5.41) is 14.8. The summed E-state index contributed by atoms with van der Waals surface area (Å²) in [6.07, 6.45) is 3.68. The van der Waals surface area contributed by atoms with Gasteiger partial charge in [-0.25, -0.2) is 4.39 Å². The Balaban J connectivity index is 0.00000341. The smallest absolute Gasteiger partial charge is 0.191 e. The van der Waals surface area contributed by atoms with Crippen molar-refractivity contribution >= 4 is 35.6 Å². The zero-order valence-corrected chi connectivity index (χ0v) is 20.8. The fourth-order valence-corrected chi connectivity index (χ4v) is 3.68. The van der Waals surface area contributed by atoms with Gasteiger partial charge in [0.2, 0.25) is 0 Å². The van der Waals surface area contributed by atoms with Crippen LogP contribution in [0.4, 0.5) is 10.1 Å². The summed E-state index contributed by atoms with van der Waals surface area (Å²) < 4.78 is 16.0. The lowest BCUT2D eigenvalue weighted by Gasteiger charge is -2.36. The fraction of sp³-hybridized carbons (Fsp3) is 0.571. The van der Waals surface area contributed by atoms with E-state index in [1.807, 2.05) is 12.1 Å². The Kier molecular flexibility index (Phi) is 11.0. The lowest BCUT2D eigenvalue weighted by molar-refractivity contribution is 0.254. The van der Waals surface area contributed by atoms with E-state index in [0.717, 1.165) is 77.0 Å². The molecule has 1 fully saturated rings. The molecule has 0 bridgehead atoms. The van der Waals surface area contributed by atoms with Gasteiger partial charge in [0.1, 0.15) is 18.0 Å². The average Bonchev–Trinajstić information content (AvgIpc) is 3.24. The molecule has 2 heterocycles. The maximum Gasteiger partial charge on any atom is 0.191 e. The second-order valence-electron chi connectivity index (χ2n) is 7.35. The van der Waals surface area contributed by atoms with Crippen LogP contribution in [0.15, 0.2) is 35.6 Å². The van der Waals surface area contributed by atoms with Crippen LogP contribution in [0, 0.1) is 5.82 Å². The highest BCUT2D eigenvalue weighted by atomic mass is 127. The number of aromatic nitrogens is 3. The normalized spacial score (nSPS) is 14.9. The van der Waals surface area contributed by atoms with Gasteiger partial charge in [-0.2, -0.15) is 0 Å². The van der Waals surface area contributed by atoms with Crippen LogP contribution >= 0.6 is 24.0 Å².